The number of hydrogen-bond donors (Lipinski definition) is 2. The molecule has 2 aliphatic heterocycles. The van der Waals surface area contributed by atoms with Crippen LogP contribution in [0.25, 0.3) is 0 Å². The number of likely N-dealkylation sites (tertiary alicyclic amines) is 2. The number of nitrogens with zero attached hydrogens (tertiary/aromatic N) is 3. The second kappa shape index (κ2) is 12.1. The summed E-state index contributed by atoms with van der Waals surface area (Å²) in [5, 5.41) is 6.18. The highest BCUT2D eigenvalue weighted by Crippen LogP contribution is 2.20. The maximum atomic E-state index is 11.9. The first kappa shape index (κ1) is 24.4. The van der Waals surface area contributed by atoms with E-state index in [1.165, 1.54) is 11.1 Å². The van der Waals surface area contributed by atoms with Gasteiger partial charge in [-0.25, -0.2) is 0 Å². The molecule has 0 aliphatic carbocycles. The Morgan fingerprint density at radius 3 is 2.57 bits per heavy atom. The zero-order chi connectivity index (χ0) is 20.6. The van der Waals surface area contributed by atoms with E-state index in [1.54, 1.807) is 7.05 Å². The minimum atomic E-state index is 0. The lowest BCUT2D eigenvalue weighted by Gasteiger charge is -2.34. The van der Waals surface area contributed by atoms with E-state index >= 15 is 0 Å². The molecule has 1 aromatic rings. The lowest BCUT2D eigenvalue weighted by molar-refractivity contribution is -0.128. The number of rotatable bonds is 6. The first-order valence-corrected chi connectivity index (χ1v) is 10.6. The Morgan fingerprint density at radius 1 is 1.20 bits per heavy atom. The van der Waals surface area contributed by atoms with Crippen LogP contribution in [0, 0.1) is 5.92 Å². The van der Waals surface area contributed by atoms with Gasteiger partial charge in [-0.15, -0.1) is 24.0 Å². The zero-order valence-electron chi connectivity index (χ0n) is 18.0. The van der Waals surface area contributed by atoms with Crippen molar-refractivity contribution in [2.45, 2.75) is 45.2 Å². The number of carbonyl (C=O) groups excluding carboxylic acids is 2. The third-order valence-corrected chi connectivity index (χ3v) is 5.87. The van der Waals surface area contributed by atoms with Crippen molar-refractivity contribution in [2.75, 3.05) is 33.7 Å². The number of carbonyl (C=O) groups is 2. The highest BCUT2D eigenvalue weighted by Gasteiger charge is 2.23. The quantitative estimate of drug-likeness (QED) is 0.339. The molecule has 2 saturated heterocycles. The summed E-state index contributed by atoms with van der Waals surface area (Å²) >= 11 is 0. The molecule has 166 valence electrons. The number of nitrogens with one attached hydrogen (secondary N) is 2. The molecule has 2 heterocycles. The fourth-order valence-corrected chi connectivity index (χ4v) is 4.16. The topological polar surface area (TPSA) is 77.0 Å². The van der Waals surface area contributed by atoms with Crippen molar-refractivity contribution < 1.29 is 9.59 Å². The lowest BCUT2D eigenvalue weighted by atomic mass is 9.93. The second-order valence-electron chi connectivity index (χ2n) is 7.95. The monoisotopic (exact) mass is 527 g/mol. The molecule has 0 bridgehead atoms. The van der Waals surface area contributed by atoms with Gasteiger partial charge in [-0.1, -0.05) is 24.3 Å². The molecule has 0 saturated carbocycles. The van der Waals surface area contributed by atoms with Gasteiger partial charge in [0.15, 0.2) is 5.96 Å². The van der Waals surface area contributed by atoms with Gasteiger partial charge in [-0.2, -0.15) is 0 Å². The number of aliphatic imine (C=N–C) groups is 1. The van der Waals surface area contributed by atoms with Crippen molar-refractivity contribution in [3.8, 4) is 0 Å². The number of hydrogen-bond acceptors (Lipinski definition) is 3. The molecule has 3 rings (SSSR count). The van der Waals surface area contributed by atoms with Crippen LogP contribution < -0.4 is 10.6 Å². The van der Waals surface area contributed by atoms with E-state index < -0.39 is 0 Å². The first-order valence-electron chi connectivity index (χ1n) is 10.6. The highest BCUT2D eigenvalue weighted by atomic mass is 127. The van der Waals surface area contributed by atoms with Crippen LogP contribution in [-0.2, 0) is 22.7 Å². The fraction of sp³-hybridized carbons (Fsp3) is 0.591. The van der Waals surface area contributed by atoms with Gasteiger partial charge in [0.1, 0.15) is 0 Å². The number of halogens is 1. The normalized spacial score (nSPS) is 17.7. The van der Waals surface area contributed by atoms with E-state index in [4.69, 9.17) is 0 Å². The van der Waals surface area contributed by atoms with Crippen LogP contribution in [0.4, 0.5) is 0 Å². The van der Waals surface area contributed by atoms with Crippen LogP contribution in [-0.4, -0.2) is 61.3 Å². The van der Waals surface area contributed by atoms with E-state index in [9.17, 15) is 9.59 Å². The summed E-state index contributed by atoms with van der Waals surface area (Å²) < 4.78 is 0. The maximum absolute atomic E-state index is 11.9. The van der Waals surface area contributed by atoms with Crippen LogP contribution in [0.1, 0.15) is 43.2 Å². The average molecular weight is 527 g/mol. The SMILES string of the molecule is CN=C(NCc1cccc(CN2CCCC2=O)c1)N1CCC(CC(=O)NC)CC1.I. The predicted molar refractivity (Wildman–Crippen MR) is 130 cm³/mol. The molecule has 8 heteroatoms. The molecule has 0 unspecified atom stereocenters. The van der Waals surface area contributed by atoms with Crippen LogP contribution >= 0.6 is 24.0 Å². The standard InChI is InChI=1S/C22H33N5O2.HI/c1-23-20(28)14-17-8-11-26(12-9-17)22(24-2)25-15-18-5-3-6-19(13-18)16-27-10-4-7-21(27)29;/h3,5-6,13,17H,4,7-12,14-16H2,1-2H3,(H,23,28)(H,24,25);1H. The average Bonchev–Trinajstić information content (AvgIpc) is 3.14. The van der Waals surface area contributed by atoms with Gasteiger partial charge in [0.05, 0.1) is 0 Å². The molecule has 0 aromatic heterocycles. The third-order valence-electron chi connectivity index (χ3n) is 5.87. The Hall–Kier alpha value is -1.84. The van der Waals surface area contributed by atoms with Crippen molar-refractivity contribution in [3.63, 3.8) is 0 Å². The summed E-state index contributed by atoms with van der Waals surface area (Å²) in [5.74, 6) is 1.74. The molecule has 30 heavy (non-hydrogen) atoms. The van der Waals surface area contributed by atoms with Gasteiger partial charge in [0, 0.05) is 59.7 Å². The van der Waals surface area contributed by atoms with E-state index in [2.05, 4.69) is 44.8 Å². The van der Waals surface area contributed by atoms with E-state index in [-0.39, 0.29) is 35.8 Å². The van der Waals surface area contributed by atoms with E-state index in [1.807, 2.05) is 11.9 Å². The molecule has 0 radical (unpaired) electrons. The summed E-state index contributed by atoms with van der Waals surface area (Å²) in [6.45, 7) is 4.09. The van der Waals surface area contributed by atoms with Crippen molar-refractivity contribution in [1.82, 2.24) is 20.4 Å². The molecule has 2 N–H and O–H groups in total. The molecule has 0 atom stereocenters. The van der Waals surface area contributed by atoms with Crippen LogP contribution in [0.3, 0.4) is 0 Å². The minimum absolute atomic E-state index is 0. The lowest BCUT2D eigenvalue weighted by Crippen LogP contribution is -2.45. The summed E-state index contributed by atoms with van der Waals surface area (Å²) in [6.07, 6.45) is 4.28. The molecule has 2 aliphatic rings. The van der Waals surface area contributed by atoms with Crippen LogP contribution in [0.15, 0.2) is 29.3 Å². The Morgan fingerprint density at radius 2 is 1.93 bits per heavy atom. The summed E-state index contributed by atoms with van der Waals surface area (Å²) in [4.78, 5) is 32.1. The van der Waals surface area contributed by atoms with E-state index in [0.717, 1.165) is 44.9 Å². The van der Waals surface area contributed by atoms with E-state index in [0.29, 0.717) is 31.8 Å². The number of benzene rings is 1. The molecule has 0 spiro atoms. The predicted octanol–water partition coefficient (Wildman–Crippen LogP) is 2.35. The minimum Gasteiger partial charge on any atom is -0.359 e. The van der Waals surface area contributed by atoms with Crippen LogP contribution in [0.5, 0.6) is 0 Å². The summed E-state index contributed by atoms with van der Waals surface area (Å²) in [7, 11) is 3.51. The van der Waals surface area contributed by atoms with Crippen molar-refractivity contribution in [3.05, 3.63) is 35.4 Å². The smallest absolute Gasteiger partial charge is 0.222 e. The van der Waals surface area contributed by atoms with Gasteiger partial charge in [-0.3, -0.25) is 14.6 Å². The first-order chi connectivity index (χ1) is 14.1. The molecular formula is C22H34IN5O2. The van der Waals surface area contributed by atoms with Crippen molar-refractivity contribution >= 4 is 41.8 Å². The Kier molecular flexibility index (Phi) is 9.87. The number of guanidine groups is 1. The Labute approximate surface area is 196 Å². The van der Waals surface area contributed by atoms with Gasteiger partial charge >= 0.3 is 0 Å². The molecular weight excluding hydrogens is 493 g/mol. The molecule has 2 fully saturated rings. The van der Waals surface area contributed by atoms with Crippen molar-refractivity contribution in [1.29, 1.82) is 0 Å². The largest absolute Gasteiger partial charge is 0.359 e. The third kappa shape index (κ3) is 6.85. The van der Waals surface area contributed by atoms with Gasteiger partial charge in [0.2, 0.25) is 11.8 Å². The Bertz CT molecular complexity index is 747. The van der Waals surface area contributed by atoms with Crippen LogP contribution in [0.2, 0.25) is 0 Å². The Balaban J connectivity index is 0.00000320. The number of amides is 2. The molecule has 1 aromatic carbocycles. The van der Waals surface area contributed by atoms with Crippen molar-refractivity contribution in [2.24, 2.45) is 10.9 Å². The van der Waals surface area contributed by atoms with Gasteiger partial charge < -0.3 is 20.4 Å². The molecule has 2 amide bonds. The fourth-order valence-electron chi connectivity index (χ4n) is 4.16. The number of piperidine rings is 1. The second-order valence-corrected chi connectivity index (χ2v) is 7.95. The summed E-state index contributed by atoms with van der Waals surface area (Å²) in [6, 6.07) is 8.41. The zero-order valence-corrected chi connectivity index (χ0v) is 20.4. The summed E-state index contributed by atoms with van der Waals surface area (Å²) in [5.41, 5.74) is 2.36. The maximum Gasteiger partial charge on any atom is 0.222 e. The molecule has 7 nitrogen and oxygen atoms in total. The van der Waals surface area contributed by atoms with Gasteiger partial charge in [0.25, 0.3) is 0 Å². The highest BCUT2D eigenvalue weighted by molar-refractivity contribution is 14.0. The van der Waals surface area contributed by atoms with Gasteiger partial charge in [-0.05, 0) is 36.3 Å².